The first-order valence-electron chi connectivity index (χ1n) is 29.8. The number of carbonyl (C=O) groups is 4. The number of ether oxygens (including phenoxy) is 6. The number of aliphatic hydroxyl groups is 1. The molecular formula is C73H66N4O12. The summed E-state index contributed by atoms with van der Waals surface area (Å²) >= 11 is 0. The van der Waals surface area contributed by atoms with Crippen LogP contribution in [0.5, 0.6) is 11.5 Å². The predicted octanol–water partition coefficient (Wildman–Crippen LogP) is 11.7. The molecule has 9 aromatic rings. The number of Topliss-reactive ketones (excluding diaryl/α,β-unsaturated/α-hetero) is 1. The lowest BCUT2D eigenvalue weighted by Crippen LogP contribution is -2.42. The SMILES string of the molecule is COc1ccc(C(OC[C@H]2O[C@@H](n3ccc(NC(=O)c4ccc(CCC(=O)C(CCC(=O)OCC5c6ccccc6-c6ccccc65)NC(=O)OCC5c6ccccc6-c6ccccc65)cc4)nc3=O)CC2O)(c2ccccc2)c2ccc(OC)cc2)cc1. The van der Waals surface area contributed by atoms with Crippen LogP contribution in [0.25, 0.3) is 22.3 Å². The number of methoxy groups -OCH3 is 2. The lowest BCUT2D eigenvalue weighted by Gasteiger charge is -2.37. The topological polar surface area (TPSA) is 203 Å². The third kappa shape index (κ3) is 12.6. The summed E-state index contributed by atoms with van der Waals surface area (Å²) in [5.41, 5.74) is 10.2. The lowest BCUT2D eigenvalue weighted by molar-refractivity contribution is -0.144. The number of nitrogens with zero attached hydrogens (tertiary/aromatic N) is 2. The summed E-state index contributed by atoms with van der Waals surface area (Å²) in [7, 11) is 3.21. The first kappa shape index (κ1) is 59.3. The summed E-state index contributed by atoms with van der Waals surface area (Å²) in [4.78, 5) is 72.6. The molecule has 4 atom stereocenters. The Bertz CT molecular complexity index is 3940. The molecule has 3 aliphatic rings. The summed E-state index contributed by atoms with van der Waals surface area (Å²) in [5.74, 6) is -0.334. The van der Waals surface area contributed by atoms with Crippen LogP contribution in [0.15, 0.2) is 217 Å². The van der Waals surface area contributed by atoms with E-state index in [0.29, 0.717) is 11.5 Å². The van der Waals surface area contributed by atoms with Crippen LogP contribution in [0.2, 0.25) is 0 Å². The maximum atomic E-state index is 14.1. The number of rotatable bonds is 23. The summed E-state index contributed by atoms with van der Waals surface area (Å²) in [5, 5.41) is 16.9. The molecule has 1 aliphatic heterocycles. The van der Waals surface area contributed by atoms with Crippen LogP contribution in [0.3, 0.4) is 0 Å². The molecule has 16 nitrogen and oxygen atoms in total. The van der Waals surface area contributed by atoms with Crippen molar-refractivity contribution in [2.75, 3.05) is 39.4 Å². The van der Waals surface area contributed by atoms with Crippen LogP contribution >= 0.6 is 0 Å². The minimum Gasteiger partial charge on any atom is -0.497 e. The van der Waals surface area contributed by atoms with Crippen LogP contribution in [0, 0.1) is 0 Å². The predicted molar refractivity (Wildman–Crippen MR) is 335 cm³/mol. The minimum atomic E-state index is -1.17. The summed E-state index contributed by atoms with van der Waals surface area (Å²) < 4.78 is 37.3. The van der Waals surface area contributed by atoms with Crippen molar-refractivity contribution >= 4 is 29.6 Å². The van der Waals surface area contributed by atoms with Crippen LogP contribution < -0.4 is 25.8 Å². The molecule has 0 radical (unpaired) electrons. The molecule has 12 rings (SSSR count). The Morgan fingerprint density at radius 2 is 1.11 bits per heavy atom. The number of amides is 2. The Morgan fingerprint density at radius 3 is 1.64 bits per heavy atom. The number of anilines is 1. The standard InChI is InChI=1S/C73H66N4O12/c1-84-51-33-29-49(30-34-51)73(48-14-4-3-5-15-48,50-31-35-52(85-2)36-32-50)88-45-66-65(79)42-68(89-66)77-41-40-67(76-71(77)82)75-70(81)47-27-24-46(25-28-47)26-38-64(78)63(74-72(83)87-44-62-59-22-12-8-18-55(59)56-19-9-13-23-60(56)62)37-39-69(80)86-43-61-57-20-10-6-16-53(57)54-17-7-11-21-58(54)61/h3-25,27-36,40-41,61-63,65-66,68,79H,26,37-39,42-45H2,1-2H3,(H,74,83)(H,75,76,81,82)/t63?,65?,66-,68-/m1/s1. The average Bonchev–Trinajstić information content (AvgIpc) is 2.35. The molecule has 450 valence electrons. The largest absolute Gasteiger partial charge is 0.497 e. The van der Waals surface area contributed by atoms with Gasteiger partial charge in [0.2, 0.25) is 0 Å². The highest BCUT2D eigenvalue weighted by Crippen LogP contribution is 2.47. The Balaban J connectivity index is 0.671. The molecular weight excluding hydrogens is 1120 g/mol. The van der Waals surface area contributed by atoms with E-state index in [9.17, 15) is 29.1 Å². The van der Waals surface area contributed by atoms with E-state index in [2.05, 4.69) is 39.9 Å². The zero-order valence-electron chi connectivity index (χ0n) is 49.2. The molecule has 2 amide bonds. The van der Waals surface area contributed by atoms with Gasteiger partial charge in [0.15, 0.2) is 5.78 Å². The number of fused-ring (bicyclic) bond motifs is 6. The van der Waals surface area contributed by atoms with Crippen LogP contribution in [0.4, 0.5) is 10.6 Å². The fourth-order valence-electron chi connectivity index (χ4n) is 12.5. The highest BCUT2D eigenvalue weighted by atomic mass is 16.6. The number of aromatic nitrogens is 2. The molecule has 2 aliphatic carbocycles. The molecule has 0 saturated carbocycles. The first-order valence-corrected chi connectivity index (χ1v) is 29.8. The molecule has 1 fully saturated rings. The van der Waals surface area contributed by atoms with E-state index in [1.807, 2.05) is 152 Å². The van der Waals surface area contributed by atoms with E-state index < -0.39 is 53.7 Å². The Labute approximate surface area is 515 Å². The van der Waals surface area contributed by atoms with E-state index >= 15 is 0 Å². The van der Waals surface area contributed by atoms with Gasteiger partial charge in [-0.05, 0) is 122 Å². The maximum Gasteiger partial charge on any atom is 0.407 e. The van der Waals surface area contributed by atoms with Crippen LogP contribution in [0.1, 0.15) is 98.6 Å². The second-order valence-corrected chi connectivity index (χ2v) is 22.3. The molecule has 3 N–H and O–H groups in total. The molecule has 2 heterocycles. The minimum absolute atomic E-state index is 0.00211. The third-order valence-electron chi connectivity index (χ3n) is 17.1. The summed E-state index contributed by atoms with van der Waals surface area (Å²) in [6, 6.07) is 64.2. The van der Waals surface area contributed by atoms with Gasteiger partial charge in [0.05, 0.1) is 33.0 Å². The number of alkyl carbamates (subject to hydrolysis) is 1. The van der Waals surface area contributed by atoms with E-state index in [4.69, 9.17) is 28.4 Å². The fraction of sp³-hybridized carbons (Fsp3) is 0.233. The van der Waals surface area contributed by atoms with Gasteiger partial charge in [-0.25, -0.2) is 9.59 Å². The Kier molecular flexibility index (Phi) is 17.7. The number of ketones is 1. The van der Waals surface area contributed by atoms with Crippen molar-refractivity contribution in [2.24, 2.45) is 0 Å². The van der Waals surface area contributed by atoms with E-state index in [1.54, 1.807) is 38.5 Å². The third-order valence-corrected chi connectivity index (χ3v) is 17.1. The molecule has 2 unspecified atom stereocenters. The van der Waals surface area contributed by atoms with Gasteiger partial charge >= 0.3 is 17.8 Å². The van der Waals surface area contributed by atoms with Crippen molar-refractivity contribution in [1.82, 2.24) is 14.9 Å². The fourth-order valence-corrected chi connectivity index (χ4v) is 12.5. The zero-order valence-corrected chi connectivity index (χ0v) is 49.2. The maximum absolute atomic E-state index is 14.1. The highest BCUT2D eigenvalue weighted by molar-refractivity contribution is 6.03. The molecule has 0 bridgehead atoms. The average molecular weight is 1190 g/mol. The van der Waals surface area contributed by atoms with Crippen molar-refractivity contribution in [1.29, 1.82) is 0 Å². The van der Waals surface area contributed by atoms with Crippen molar-refractivity contribution in [3.05, 3.63) is 273 Å². The molecule has 89 heavy (non-hydrogen) atoms. The Morgan fingerprint density at radius 1 is 0.607 bits per heavy atom. The van der Waals surface area contributed by atoms with Gasteiger partial charge in [0, 0.05) is 42.9 Å². The highest BCUT2D eigenvalue weighted by Gasteiger charge is 2.43. The van der Waals surface area contributed by atoms with Gasteiger partial charge in [-0.1, -0.05) is 164 Å². The van der Waals surface area contributed by atoms with Gasteiger partial charge < -0.3 is 44.2 Å². The quantitative estimate of drug-likeness (QED) is 0.0404. The molecule has 1 saturated heterocycles. The van der Waals surface area contributed by atoms with Crippen LogP contribution in [-0.4, -0.2) is 90.7 Å². The summed E-state index contributed by atoms with van der Waals surface area (Å²) in [6.07, 6.45) is -1.89. The number of aliphatic hydroxyl groups excluding tert-OH is 1. The summed E-state index contributed by atoms with van der Waals surface area (Å²) in [6.45, 7) is 0.0993. The first-order chi connectivity index (χ1) is 43.5. The van der Waals surface area contributed by atoms with Crippen molar-refractivity contribution in [3.63, 3.8) is 0 Å². The van der Waals surface area contributed by atoms with Gasteiger partial charge in [-0.15, -0.1) is 0 Å². The van der Waals surface area contributed by atoms with Gasteiger partial charge in [0.25, 0.3) is 5.91 Å². The number of aryl methyl sites for hydroxylation is 1. The monoisotopic (exact) mass is 1190 g/mol. The molecule has 1 aromatic heterocycles. The second kappa shape index (κ2) is 26.5. The van der Waals surface area contributed by atoms with Crippen molar-refractivity contribution < 1.29 is 52.7 Å². The number of esters is 1. The van der Waals surface area contributed by atoms with E-state index in [-0.39, 0.29) is 80.9 Å². The number of nitrogens with one attached hydrogen (secondary N) is 2. The smallest absolute Gasteiger partial charge is 0.407 e. The van der Waals surface area contributed by atoms with Gasteiger partial charge in [-0.3, -0.25) is 19.0 Å². The normalized spacial score (nSPS) is 16.1. The number of hydrogen-bond donors (Lipinski definition) is 3. The number of benzene rings is 8. The number of carbonyl (C=O) groups excluding carboxylic acids is 4. The molecule has 8 aromatic carbocycles. The van der Waals surface area contributed by atoms with E-state index in [1.165, 1.54) is 16.8 Å². The number of hydrogen-bond acceptors (Lipinski definition) is 13. The van der Waals surface area contributed by atoms with Gasteiger partial charge in [0.1, 0.15) is 48.5 Å². The molecule has 16 heteroatoms. The van der Waals surface area contributed by atoms with Crippen molar-refractivity contribution in [3.8, 4) is 33.8 Å². The van der Waals surface area contributed by atoms with E-state index in [0.717, 1.165) is 66.8 Å². The zero-order chi connectivity index (χ0) is 61.4. The van der Waals surface area contributed by atoms with Gasteiger partial charge in [-0.2, -0.15) is 4.98 Å². The van der Waals surface area contributed by atoms with Crippen molar-refractivity contribution in [2.45, 2.75) is 74.0 Å². The lowest BCUT2D eigenvalue weighted by atomic mass is 9.80. The van der Waals surface area contributed by atoms with Crippen LogP contribution in [-0.2, 0) is 40.6 Å². The molecule has 0 spiro atoms. The Hall–Kier alpha value is -10.0. The second-order valence-electron chi connectivity index (χ2n) is 22.3.